The molecule has 1 saturated heterocycles. The molecule has 9 nitrogen and oxygen atoms in total. The number of rotatable bonds is 6. The van der Waals surface area contributed by atoms with E-state index in [1.54, 1.807) is 11.8 Å². The second-order valence-electron chi connectivity index (χ2n) is 8.04. The number of pyridine rings is 1. The molecule has 0 radical (unpaired) electrons. The molecule has 1 atom stereocenters. The summed E-state index contributed by atoms with van der Waals surface area (Å²) >= 11 is 0. The van der Waals surface area contributed by atoms with Gasteiger partial charge in [0, 0.05) is 44.2 Å². The third-order valence-electron chi connectivity index (χ3n) is 5.98. The molecule has 1 aromatic carbocycles. The van der Waals surface area contributed by atoms with Crippen LogP contribution < -0.4 is 5.56 Å². The SMILES string of the molecule is COCCn1nnnc1[C@H](c1cc2c(C)ccc(C)c2[nH]c1=O)N1CCN(C)CC1. The third-order valence-corrected chi connectivity index (χ3v) is 5.98. The van der Waals surface area contributed by atoms with Gasteiger partial charge in [0.25, 0.3) is 5.56 Å². The summed E-state index contributed by atoms with van der Waals surface area (Å²) in [7, 11) is 3.77. The van der Waals surface area contributed by atoms with Crippen molar-refractivity contribution in [2.45, 2.75) is 26.4 Å². The van der Waals surface area contributed by atoms with E-state index >= 15 is 0 Å². The molecule has 1 aliphatic heterocycles. The molecule has 3 aromatic rings. The lowest BCUT2D eigenvalue weighted by molar-refractivity contribution is 0.119. The minimum absolute atomic E-state index is 0.0959. The Morgan fingerprint density at radius 2 is 1.90 bits per heavy atom. The molecular formula is C21H29N7O2. The summed E-state index contributed by atoms with van der Waals surface area (Å²) in [5, 5.41) is 13.5. The van der Waals surface area contributed by atoms with Crippen molar-refractivity contribution in [3.05, 3.63) is 51.1 Å². The number of aromatic nitrogens is 5. The van der Waals surface area contributed by atoms with Gasteiger partial charge in [0.2, 0.25) is 0 Å². The summed E-state index contributed by atoms with van der Waals surface area (Å²) in [6.07, 6.45) is 0. The fourth-order valence-corrected chi connectivity index (χ4v) is 4.12. The van der Waals surface area contributed by atoms with Gasteiger partial charge in [-0.05, 0) is 48.5 Å². The molecule has 1 aliphatic rings. The molecule has 1 N–H and O–H groups in total. The first-order valence-corrected chi connectivity index (χ1v) is 10.3. The van der Waals surface area contributed by atoms with Crippen molar-refractivity contribution in [2.24, 2.45) is 0 Å². The number of fused-ring (bicyclic) bond motifs is 1. The summed E-state index contributed by atoms with van der Waals surface area (Å²) in [5.41, 5.74) is 3.65. The van der Waals surface area contributed by atoms with Crippen LogP contribution >= 0.6 is 0 Å². The Kier molecular flexibility index (Phi) is 5.94. The third kappa shape index (κ3) is 3.88. The topological polar surface area (TPSA) is 92.2 Å². The van der Waals surface area contributed by atoms with Crippen molar-refractivity contribution < 1.29 is 4.74 Å². The number of aryl methyl sites for hydroxylation is 2. The monoisotopic (exact) mass is 411 g/mol. The molecule has 0 saturated carbocycles. The average Bonchev–Trinajstić information content (AvgIpc) is 3.19. The molecule has 4 rings (SSSR count). The van der Waals surface area contributed by atoms with Crippen molar-refractivity contribution in [1.29, 1.82) is 0 Å². The highest BCUT2D eigenvalue weighted by molar-refractivity contribution is 5.85. The first kappa shape index (κ1) is 20.6. The number of nitrogens with zero attached hydrogens (tertiary/aromatic N) is 6. The van der Waals surface area contributed by atoms with E-state index in [0.717, 1.165) is 48.2 Å². The normalized spacial score (nSPS) is 16.9. The first-order valence-electron chi connectivity index (χ1n) is 10.3. The predicted octanol–water partition coefficient (Wildman–Crippen LogP) is 1.11. The van der Waals surface area contributed by atoms with Crippen LogP contribution in [0.5, 0.6) is 0 Å². The van der Waals surface area contributed by atoms with Gasteiger partial charge in [-0.2, -0.15) is 0 Å². The van der Waals surface area contributed by atoms with E-state index in [0.29, 0.717) is 24.5 Å². The van der Waals surface area contributed by atoms with Gasteiger partial charge in [-0.3, -0.25) is 9.69 Å². The molecule has 2 aromatic heterocycles. The lowest BCUT2D eigenvalue weighted by Crippen LogP contribution is -2.47. The predicted molar refractivity (Wildman–Crippen MR) is 115 cm³/mol. The van der Waals surface area contributed by atoms with Crippen molar-refractivity contribution in [1.82, 2.24) is 35.0 Å². The van der Waals surface area contributed by atoms with Gasteiger partial charge in [0.15, 0.2) is 5.82 Å². The Morgan fingerprint density at radius 1 is 1.17 bits per heavy atom. The van der Waals surface area contributed by atoms with E-state index in [-0.39, 0.29) is 11.6 Å². The molecule has 30 heavy (non-hydrogen) atoms. The zero-order valence-electron chi connectivity index (χ0n) is 18.1. The lowest BCUT2D eigenvalue weighted by atomic mass is 9.99. The van der Waals surface area contributed by atoms with E-state index in [2.05, 4.69) is 50.3 Å². The van der Waals surface area contributed by atoms with E-state index < -0.39 is 0 Å². The highest BCUT2D eigenvalue weighted by Gasteiger charge is 2.32. The highest BCUT2D eigenvalue weighted by atomic mass is 16.5. The smallest absolute Gasteiger partial charge is 0.253 e. The molecular weight excluding hydrogens is 382 g/mol. The number of hydrogen-bond acceptors (Lipinski definition) is 7. The maximum Gasteiger partial charge on any atom is 0.253 e. The average molecular weight is 412 g/mol. The number of H-pyrrole nitrogens is 1. The molecule has 0 bridgehead atoms. The standard InChI is InChI=1S/C21H29N7O2/c1-14-5-6-15(2)18-16(14)13-17(21(29)22-18)19(27-9-7-26(3)8-10-27)20-23-24-25-28(20)11-12-30-4/h5-6,13,19H,7-12H2,1-4H3,(H,22,29)/t19-/m0/s1. The molecule has 0 spiro atoms. The highest BCUT2D eigenvalue weighted by Crippen LogP contribution is 2.29. The van der Waals surface area contributed by atoms with Gasteiger partial charge >= 0.3 is 0 Å². The van der Waals surface area contributed by atoms with Crippen LogP contribution in [0.1, 0.15) is 28.6 Å². The number of benzene rings is 1. The summed E-state index contributed by atoms with van der Waals surface area (Å²) < 4.78 is 6.97. The second-order valence-corrected chi connectivity index (χ2v) is 8.04. The maximum absolute atomic E-state index is 13.3. The molecule has 0 unspecified atom stereocenters. The molecule has 160 valence electrons. The van der Waals surface area contributed by atoms with Crippen molar-refractivity contribution in [3.8, 4) is 0 Å². The fourth-order valence-electron chi connectivity index (χ4n) is 4.12. The molecule has 0 aliphatic carbocycles. The van der Waals surface area contributed by atoms with Crippen LogP contribution in [0, 0.1) is 13.8 Å². The van der Waals surface area contributed by atoms with Crippen molar-refractivity contribution >= 4 is 10.9 Å². The lowest BCUT2D eigenvalue weighted by Gasteiger charge is -2.37. The Bertz CT molecular complexity index is 1080. The second kappa shape index (κ2) is 8.63. The Balaban J connectivity index is 1.86. The number of ether oxygens (including phenoxy) is 1. The number of likely N-dealkylation sites (N-methyl/N-ethyl adjacent to an activating group) is 1. The van der Waals surface area contributed by atoms with Crippen LogP contribution in [0.4, 0.5) is 0 Å². The number of tetrazole rings is 1. The largest absolute Gasteiger partial charge is 0.383 e. The summed E-state index contributed by atoms with van der Waals surface area (Å²) in [4.78, 5) is 21.0. The van der Waals surface area contributed by atoms with Crippen molar-refractivity contribution in [2.75, 3.05) is 46.9 Å². The van der Waals surface area contributed by atoms with E-state index in [1.165, 1.54) is 0 Å². The Labute approximate surface area is 175 Å². The van der Waals surface area contributed by atoms with Crippen LogP contribution in [0.2, 0.25) is 0 Å². The molecule has 9 heteroatoms. The maximum atomic E-state index is 13.3. The van der Waals surface area contributed by atoms with Gasteiger partial charge in [0.05, 0.1) is 18.7 Å². The van der Waals surface area contributed by atoms with E-state index in [1.807, 2.05) is 19.1 Å². The minimum Gasteiger partial charge on any atom is -0.383 e. The molecule has 1 fully saturated rings. The molecule has 0 amide bonds. The summed E-state index contributed by atoms with van der Waals surface area (Å²) in [5.74, 6) is 0.673. The Morgan fingerprint density at radius 3 is 2.63 bits per heavy atom. The summed E-state index contributed by atoms with van der Waals surface area (Å²) in [6, 6.07) is 5.83. The fraction of sp³-hybridized carbons (Fsp3) is 0.524. The van der Waals surface area contributed by atoms with Crippen LogP contribution in [0.3, 0.4) is 0 Å². The van der Waals surface area contributed by atoms with Crippen LogP contribution in [-0.2, 0) is 11.3 Å². The van der Waals surface area contributed by atoms with Gasteiger partial charge in [-0.1, -0.05) is 12.1 Å². The van der Waals surface area contributed by atoms with E-state index in [4.69, 9.17) is 4.74 Å². The number of methoxy groups -OCH3 is 1. The van der Waals surface area contributed by atoms with E-state index in [9.17, 15) is 4.79 Å². The molecule has 3 heterocycles. The first-order chi connectivity index (χ1) is 14.5. The number of piperazine rings is 1. The van der Waals surface area contributed by atoms with Crippen LogP contribution in [0.25, 0.3) is 10.9 Å². The Hall–Kier alpha value is -2.62. The summed E-state index contributed by atoms with van der Waals surface area (Å²) in [6.45, 7) is 8.65. The van der Waals surface area contributed by atoms with Gasteiger partial charge in [-0.15, -0.1) is 5.10 Å². The minimum atomic E-state index is -0.321. The van der Waals surface area contributed by atoms with Crippen molar-refractivity contribution in [3.63, 3.8) is 0 Å². The number of hydrogen-bond donors (Lipinski definition) is 1. The zero-order chi connectivity index (χ0) is 21.3. The van der Waals surface area contributed by atoms with Crippen LogP contribution in [0.15, 0.2) is 23.0 Å². The number of nitrogens with one attached hydrogen (secondary N) is 1. The van der Waals surface area contributed by atoms with Crippen LogP contribution in [-0.4, -0.2) is 81.9 Å². The number of aromatic amines is 1. The van der Waals surface area contributed by atoms with Gasteiger partial charge < -0.3 is 14.6 Å². The van der Waals surface area contributed by atoms with Gasteiger partial charge in [0.1, 0.15) is 6.04 Å². The van der Waals surface area contributed by atoms with Gasteiger partial charge in [-0.25, -0.2) is 4.68 Å². The zero-order valence-corrected chi connectivity index (χ0v) is 18.1. The quantitative estimate of drug-likeness (QED) is 0.650.